The number of unbranched alkanes of at least 4 members (excludes halogenated alkanes) is 47. The summed E-state index contributed by atoms with van der Waals surface area (Å²) < 4.78 is 17.0. The van der Waals surface area contributed by atoms with Crippen molar-refractivity contribution in [3.8, 4) is 0 Å². The van der Waals surface area contributed by atoms with Gasteiger partial charge >= 0.3 is 17.9 Å². The predicted octanol–water partition coefficient (Wildman–Crippen LogP) is 23.6. The molecule has 452 valence electrons. The zero-order valence-corrected chi connectivity index (χ0v) is 52.0. The summed E-state index contributed by atoms with van der Waals surface area (Å²) in [5.41, 5.74) is 0. The Kier molecular flexibility index (Phi) is 64.1. The first-order valence-corrected chi connectivity index (χ1v) is 34.5. The summed E-state index contributed by atoms with van der Waals surface area (Å²) in [4.78, 5) is 38.4. The van der Waals surface area contributed by atoms with Gasteiger partial charge in [0.15, 0.2) is 6.10 Å². The van der Waals surface area contributed by atoms with Crippen molar-refractivity contribution < 1.29 is 28.6 Å². The summed E-state index contributed by atoms with van der Waals surface area (Å²) in [5, 5.41) is 0. The maximum absolute atomic E-state index is 12.9. The number of esters is 3. The Labute approximate surface area is 480 Å². The normalized spacial score (nSPS) is 12.2. The van der Waals surface area contributed by atoms with Crippen molar-refractivity contribution in [2.75, 3.05) is 13.2 Å². The maximum atomic E-state index is 12.9. The highest BCUT2D eigenvalue weighted by atomic mass is 16.6. The molecule has 0 fully saturated rings. The molecule has 0 aromatic rings. The summed E-state index contributed by atoms with van der Waals surface area (Å²) in [6, 6.07) is 0. The minimum absolute atomic E-state index is 0.0679. The molecule has 0 aliphatic heterocycles. The second-order valence-corrected chi connectivity index (χ2v) is 23.4. The Morgan fingerprint density at radius 2 is 0.468 bits per heavy atom. The lowest BCUT2D eigenvalue weighted by Gasteiger charge is -2.18. The van der Waals surface area contributed by atoms with Crippen LogP contribution in [0.5, 0.6) is 0 Å². The van der Waals surface area contributed by atoms with Crippen LogP contribution < -0.4 is 0 Å². The van der Waals surface area contributed by atoms with E-state index in [0.717, 1.165) is 64.2 Å². The molecule has 0 aliphatic carbocycles. The molecular formula is C71H132O6. The quantitative estimate of drug-likeness (QED) is 0.0261. The van der Waals surface area contributed by atoms with E-state index in [1.165, 1.54) is 276 Å². The van der Waals surface area contributed by atoms with Crippen molar-refractivity contribution >= 4 is 17.9 Å². The summed E-state index contributed by atoms with van der Waals surface area (Å²) in [6.07, 6.45) is 81.6. The molecule has 0 saturated carbocycles. The molecule has 1 unspecified atom stereocenters. The SMILES string of the molecule is CCCCCCC/C=C\C/C=C\CCCCCCCCCCCCCCCC(=O)OCC(COC(=O)CCCCCCCCCCCCCCC)OC(=O)CCCCCCCCCCC/C=C\CCCCCCCCCC. The van der Waals surface area contributed by atoms with E-state index in [1.54, 1.807) is 0 Å². The fourth-order valence-electron chi connectivity index (χ4n) is 10.4. The van der Waals surface area contributed by atoms with E-state index >= 15 is 0 Å². The van der Waals surface area contributed by atoms with Gasteiger partial charge < -0.3 is 14.2 Å². The van der Waals surface area contributed by atoms with Crippen LogP contribution >= 0.6 is 0 Å². The van der Waals surface area contributed by atoms with E-state index in [-0.39, 0.29) is 31.1 Å². The van der Waals surface area contributed by atoms with Crippen molar-refractivity contribution in [2.45, 2.75) is 386 Å². The van der Waals surface area contributed by atoms with Crippen LogP contribution in [0.4, 0.5) is 0 Å². The van der Waals surface area contributed by atoms with Gasteiger partial charge in [0.2, 0.25) is 0 Å². The van der Waals surface area contributed by atoms with E-state index in [2.05, 4.69) is 57.2 Å². The molecule has 0 N–H and O–H groups in total. The Morgan fingerprint density at radius 1 is 0.260 bits per heavy atom. The Balaban J connectivity index is 4.25. The van der Waals surface area contributed by atoms with Crippen molar-refractivity contribution in [1.29, 1.82) is 0 Å². The third-order valence-electron chi connectivity index (χ3n) is 15.6. The fraction of sp³-hybridized carbons (Fsp3) is 0.873. The van der Waals surface area contributed by atoms with Crippen molar-refractivity contribution in [2.24, 2.45) is 0 Å². The van der Waals surface area contributed by atoms with Crippen LogP contribution in [-0.4, -0.2) is 37.2 Å². The van der Waals surface area contributed by atoms with Crippen LogP contribution in [-0.2, 0) is 28.6 Å². The minimum Gasteiger partial charge on any atom is -0.462 e. The molecule has 77 heavy (non-hydrogen) atoms. The molecule has 6 nitrogen and oxygen atoms in total. The average Bonchev–Trinajstić information content (AvgIpc) is 3.43. The first-order chi connectivity index (χ1) is 38.0. The van der Waals surface area contributed by atoms with E-state index in [1.807, 2.05) is 0 Å². The Hall–Kier alpha value is -2.37. The van der Waals surface area contributed by atoms with E-state index < -0.39 is 6.10 Å². The predicted molar refractivity (Wildman–Crippen MR) is 335 cm³/mol. The first kappa shape index (κ1) is 74.6. The molecule has 0 amide bonds. The number of ether oxygens (including phenoxy) is 3. The summed E-state index contributed by atoms with van der Waals surface area (Å²) in [7, 11) is 0. The number of rotatable bonds is 64. The second kappa shape index (κ2) is 66.1. The number of carbonyl (C=O) groups excluding carboxylic acids is 3. The molecule has 6 heteroatoms. The van der Waals surface area contributed by atoms with Gasteiger partial charge in [0.25, 0.3) is 0 Å². The standard InChI is InChI=1S/C71H132O6/c1-4-7-10-13-16-19-22-25-27-29-31-33-34-35-36-38-39-41-43-46-49-52-55-58-61-64-70(73)76-67-68(66-75-69(72)63-60-57-54-51-48-45-24-21-18-15-12-9-6-3)77-71(74)65-62-59-56-53-50-47-44-42-40-37-32-30-28-26-23-20-17-14-11-8-5-2/h22,25,29-32,68H,4-21,23-24,26-28,33-67H2,1-3H3/b25-22-,31-29-,32-30-. The monoisotopic (exact) mass is 1080 g/mol. The van der Waals surface area contributed by atoms with Gasteiger partial charge in [-0.05, 0) is 77.0 Å². The van der Waals surface area contributed by atoms with E-state index in [4.69, 9.17) is 14.2 Å². The van der Waals surface area contributed by atoms with Crippen molar-refractivity contribution in [3.63, 3.8) is 0 Å². The fourth-order valence-corrected chi connectivity index (χ4v) is 10.4. The van der Waals surface area contributed by atoms with Gasteiger partial charge in [-0.3, -0.25) is 14.4 Å². The molecule has 0 heterocycles. The van der Waals surface area contributed by atoms with Crippen molar-refractivity contribution in [3.05, 3.63) is 36.5 Å². The molecule has 1 atom stereocenters. The molecule has 0 radical (unpaired) electrons. The summed E-state index contributed by atoms with van der Waals surface area (Å²) in [6.45, 7) is 6.69. The number of allylic oxidation sites excluding steroid dienone is 6. The Bertz CT molecular complexity index is 1290. The molecular weight excluding hydrogens is 949 g/mol. The Morgan fingerprint density at radius 3 is 0.727 bits per heavy atom. The largest absolute Gasteiger partial charge is 0.462 e. The number of hydrogen-bond acceptors (Lipinski definition) is 6. The van der Waals surface area contributed by atoms with Gasteiger partial charge in [-0.25, -0.2) is 0 Å². The average molecular weight is 1080 g/mol. The van der Waals surface area contributed by atoms with Gasteiger partial charge in [0, 0.05) is 19.3 Å². The van der Waals surface area contributed by atoms with E-state index in [0.29, 0.717) is 19.3 Å². The smallest absolute Gasteiger partial charge is 0.306 e. The van der Waals surface area contributed by atoms with Gasteiger partial charge in [-0.1, -0.05) is 320 Å². The summed E-state index contributed by atoms with van der Waals surface area (Å²) >= 11 is 0. The third kappa shape index (κ3) is 64.3. The molecule has 0 spiro atoms. The lowest BCUT2D eigenvalue weighted by molar-refractivity contribution is -0.167. The molecule has 0 aromatic heterocycles. The van der Waals surface area contributed by atoms with Crippen LogP contribution in [0.1, 0.15) is 380 Å². The molecule has 0 saturated heterocycles. The first-order valence-electron chi connectivity index (χ1n) is 34.5. The second-order valence-electron chi connectivity index (χ2n) is 23.4. The molecule has 0 aliphatic rings. The van der Waals surface area contributed by atoms with E-state index in [9.17, 15) is 14.4 Å². The zero-order valence-electron chi connectivity index (χ0n) is 52.0. The van der Waals surface area contributed by atoms with Gasteiger partial charge in [-0.15, -0.1) is 0 Å². The van der Waals surface area contributed by atoms with Gasteiger partial charge in [-0.2, -0.15) is 0 Å². The lowest BCUT2D eigenvalue weighted by atomic mass is 10.0. The topological polar surface area (TPSA) is 78.9 Å². The molecule has 0 aromatic carbocycles. The number of hydrogen-bond donors (Lipinski definition) is 0. The highest BCUT2D eigenvalue weighted by Gasteiger charge is 2.19. The van der Waals surface area contributed by atoms with Crippen molar-refractivity contribution in [1.82, 2.24) is 0 Å². The van der Waals surface area contributed by atoms with Gasteiger partial charge in [0.1, 0.15) is 13.2 Å². The molecule has 0 bridgehead atoms. The summed E-state index contributed by atoms with van der Waals surface area (Å²) in [5.74, 6) is -0.844. The van der Waals surface area contributed by atoms with Crippen LogP contribution in [0, 0.1) is 0 Å². The minimum atomic E-state index is -0.771. The van der Waals surface area contributed by atoms with Gasteiger partial charge in [0.05, 0.1) is 0 Å². The number of carbonyl (C=O) groups is 3. The maximum Gasteiger partial charge on any atom is 0.306 e. The zero-order chi connectivity index (χ0) is 55.7. The van der Waals surface area contributed by atoms with Crippen LogP contribution in [0.2, 0.25) is 0 Å². The molecule has 0 rings (SSSR count). The van der Waals surface area contributed by atoms with Crippen LogP contribution in [0.25, 0.3) is 0 Å². The lowest BCUT2D eigenvalue weighted by Crippen LogP contribution is -2.30. The highest BCUT2D eigenvalue weighted by molar-refractivity contribution is 5.71. The van der Waals surface area contributed by atoms with Crippen LogP contribution in [0.15, 0.2) is 36.5 Å². The third-order valence-corrected chi connectivity index (χ3v) is 15.6. The van der Waals surface area contributed by atoms with Crippen LogP contribution in [0.3, 0.4) is 0 Å². The highest BCUT2D eigenvalue weighted by Crippen LogP contribution is 2.18.